The summed E-state index contributed by atoms with van der Waals surface area (Å²) in [6.07, 6.45) is 2.90. The fourth-order valence-electron chi connectivity index (χ4n) is 3.95. The zero-order valence-corrected chi connectivity index (χ0v) is 20.6. The highest BCUT2D eigenvalue weighted by molar-refractivity contribution is 7.84. The Morgan fingerprint density at radius 3 is 2.86 bits per heavy atom. The first kappa shape index (κ1) is 25.2. The Morgan fingerprint density at radius 1 is 1.31 bits per heavy atom. The average Bonchev–Trinajstić information content (AvgIpc) is 3.45. The van der Waals surface area contributed by atoms with Crippen molar-refractivity contribution < 1.29 is 22.5 Å². The number of aliphatic hydroxyl groups excluding tert-OH is 1. The minimum atomic E-state index is -3.95. The molecule has 35 heavy (non-hydrogen) atoms. The van der Waals surface area contributed by atoms with E-state index in [2.05, 4.69) is 25.1 Å². The lowest BCUT2D eigenvalue weighted by Gasteiger charge is -2.16. The number of hydrogen-bond donors (Lipinski definition) is 3. The maximum absolute atomic E-state index is 13.2. The summed E-state index contributed by atoms with van der Waals surface area (Å²) < 4.78 is 32.1. The van der Waals surface area contributed by atoms with Crippen LogP contribution < -0.4 is 10.0 Å². The molecule has 1 saturated carbocycles. The van der Waals surface area contributed by atoms with E-state index >= 15 is 0 Å². The quantitative estimate of drug-likeness (QED) is 0.360. The molecule has 2 heterocycles. The molecule has 1 fully saturated rings. The highest BCUT2D eigenvalue weighted by Gasteiger charge is 2.37. The topological polar surface area (TPSA) is 148 Å². The van der Waals surface area contributed by atoms with E-state index < -0.39 is 22.5 Å². The summed E-state index contributed by atoms with van der Waals surface area (Å²) in [5.41, 5.74) is 1.36. The van der Waals surface area contributed by atoms with Crippen molar-refractivity contribution in [3.8, 4) is 0 Å². The van der Waals surface area contributed by atoms with Crippen molar-refractivity contribution >= 4 is 33.5 Å². The predicted molar refractivity (Wildman–Crippen MR) is 128 cm³/mol. The molecule has 0 saturated heterocycles. The molecule has 186 valence electrons. The van der Waals surface area contributed by atoms with Gasteiger partial charge in [-0.1, -0.05) is 23.7 Å². The third-order valence-corrected chi connectivity index (χ3v) is 7.07. The van der Waals surface area contributed by atoms with Gasteiger partial charge in [0, 0.05) is 30.5 Å². The van der Waals surface area contributed by atoms with Gasteiger partial charge < -0.3 is 10.4 Å². The molecular weight excluding hydrogens is 496 g/mol. The van der Waals surface area contributed by atoms with Crippen LogP contribution in [0.3, 0.4) is 0 Å². The van der Waals surface area contributed by atoms with Crippen molar-refractivity contribution in [1.82, 2.24) is 24.5 Å². The summed E-state index contributed by atoms with van der Waals surface area (Å²) in [4.78, 5) is 21.4. The number of carbonyl (C=O) groups excluding carboxylic acids is 1. The van der Waals surface area contributed by atoms with Crippen molar-refractivity contribution in [2.45, 2.75) is 44.1 Å². The van der Waals surface area contributed by atoms with E-state index in [1.807, 2.05) is 25.1 Å². The van der Waals surface area contributed by atoms with Crippen molar-refractivity contribution in [2.24, 2.45) is 0 Å². The lowest BCUT2D eigenvalue weighted by Crippen LogP contribution is -2.31. The number of hydrogen-bond acceptors (Lipinski definition) is 9. The molecule has 0 bridgehead atoms. The van der Waals surface area contributed by atoms with Crippen molar-refractivity contribution in [1.29, 1.82) is 0 Å². The number of nitrogens with zero attached hydrogens (tertiary/aromatic N) is 4. The normalized spacial score (nSPS) is 21.1. The minimum absolute atomic E-state index is 0.148. The van der Waals surface area contributed by atoms with Gasteiger partial charge in [-0.2, -0.15) is 18.2 Å². The highest BCUT2D eigenvalue weighted by Crippen LogP contribution is 2.28. The number of nitrogens with one attached hydrogen (secondary N) is 2. The van der Waals surface area contributed by atoms with Crippen LogP contribution >= 0.6 is 11.6 Å². The Bertz CT molecular complexity index is 1320. The summed E-state index contributed by atoms with van der Waals surface area (Å²) in [6.45, 7) is 1.95. The summed E-state index contributed by atoms with van der Waals surface area (Å²) in [5.74, 6) is -0.119. The van der Waals surface area contributed by atoms with Gasteiger partial charge in [0.15, 0.2) is 0 Å². The molecule has 1 aliphatic rings. The van der Waals surface area contributed by atoms with E-state index in [1.54, 1.807) is 23.0 Å². The van der Waals surface area contributed by atoms with Gasteiger partial charge in [-0.15, -0.1) is 0 Å². The van der Waals surface area contributed by atoms with Crippen LogP contribution in [0.5, 0.6) is 0 Å². The van der Waals surface area contributed by atoms with E-state index in [1.165, 1.54) is 19.6 Å². The second-order valence-corrected chi connectivity index (χ2v) is 10.1. The Hall–Kier alpha value is -2.90. The van der Waals surface area contributed by atoms with Gasteiger partial charge >= 0.3 is 10.3 Å². The molecule has 1 aliphatic carbocycles. The number of ketones is 1. The second-order valence-electron chi connectivity index (χ2n) is 8.20. The van der Waals surface area contributed by atoms with Gasteiger partial charge in [-0.05, 0) is 43.5 Å². The zero-order chi connectivity index (χ0) is 25.2. The van der Waals surface area contributed by atoms with Gasteiger partial charge in [-0.25, -0.2) is 9.97 Å². The van der Waals surface area contributed by atoms with Crippen LogP contribution in [-0.4, -0.2) is 64.4 Å². The lowest BCUT2D eigenvalue weighted by molar-refractivity contribution is 0.0636. The van der Waals surface area contributed by atoms with E-state index in [0.717, 1.165) is 5.56 Å². The molecule has 0 unspecified atom stereocenters. The van der Waals surface area contributed by atoms with E-state index in [0.29, 0.717) is 5.02 Å². The monoisotopic (exact) mass is 520 g/mol. The lowest BCUT2D eigenvalue weighted by atomic mass is 10.1. The maximum Gasteiger partial charge on any atom is 0.335 e. The summed E-state index contributed by atoms with van der Waals surface area (Å²) >= 11 is 6.10. The molecular formula is C22H25ClN6O5S. The number of rotatable bonds is 9. The van der Waals surface area contributed by atoms with Crippen molar-refractivity contribution in [3.63, 3.8) is 0 Å². The Kier molecular flexibility index (Phi) is 7.47. The zero-order valence-electron chi connectivity index (χ0n) is 19.0. The van der Waals surface area contributed by atoms with Gasteiger partial charge in [0.25, 0.3) is 0 Å². The molecule has 2 aromatic heterocycles. The molecule has 0 amide bonds. The first-order chi connectivity index (χ1) is 16.7. The molecule has 1 aromatic carbocycles. The molecule has 11 nitrogen and oxygen atoms in total. The fraction of sp³-hybridized carbons (Fsp3) is 0.364. The molecule has 13 heteroatoms. The third kappa shape index (κ3) is 5.85. The predicted octanol–water partition coefficient (Wildman–Crippen LogP) is 1.95. The van der Waals surface area contributed by atoms with Crippen LogP contribution in [0.25, 0.3) is 0 Å². The molecule has 0 spiro atoms. The van der Waals surface area contributed by atoms with Crippen molar-refractivity contribution in [2.75, 3.05) is 12.4 Å². The number of halogens is 1. The highest BCUT2D eigenvalue weighted by atomic mass is 35.5. The van der Waals surface area contributed by atoms with Crippen molar-refractivity contribution in [3.05, 3.63) is 70.9 Å². The molecule has 4 atom stereocenters. The number of aliphatic hydroxyl groups is 1. The number of carbonyl (C=O) groups is 1. The molecule has 3 aromatic rings. The molecule has 0 aliphatic heterocycles. The number of aromatic nitrogens is 4. The standard InChI is InChI=1S/C22H25ClN6O5S/c1-13(14-4-3-5-15(23)8-14)29-7-6-18(28-29)21(31)17-11-25-12-26-22(17)27-16-9-19(30)20(10-16)34-35(32,33)24-2/h3-8,11-13,16,19-20,24,30H,9-10H2,1-2H3,(H,25,26,27)/t13-,16-,19+,20-/m1/s1. The van der Waals surface area contributed by atoms with E-state index in [-0.39, 0.29) is 47.8 Å². The summed E-state index contributed by atoms with van der Waals surface area (Å²) in [5, 5.41) is 18.4. The Labute approximate surface area is 207 Å². The van der Waals surface area contributed by atoms with Crippen LogP contribution in [0.1, 0.15) is 47.4 Å². The van der Waals surface area contributed by atoms with E-state index in [9.17, 15) is 18.3 Å². The van der Waals surface area contributed by atoms with E-state index in [4.69, 9.17) is 15.8 Å². The summed E-state index contributed by atoms with van der Waals surface area (Å²) in [6, 6.07) is 8.52. The third-order valence-electron chi connectivity index (χ3n) is 5.84. The first-order valence-electron chi connectivity index (χ1n) is 10.9. The second kappa shape index (κ2) is 10.4. The first-order valence-corrected chi connectivity index (χ1v) is 12.7. The minimum Gasteiger partial charge on any atom is -0.390 e. The van der Waals surface area contributed by atoms with Crippen LogP contribution in [0.4, 0.5) is 5.82 Å². The van der Waals surface area contributed by atoms with Gasteiger partial charge in [0.05, 0.1) is 17.7 Å². The molecule has 4 rings (SSSR count). The van der Waals surface area contributed by atoms with Crippen LogP contribution in [-0.2, 0) is 14.5 Å². The van der Waals surface area contributed by atoms with Crippen LogP contribution in [0, 0.1) is 0 Å². The van der Waals surface area contributed by atoms with Crippen LogP contribution in [0.2, 0.25) is 5.02 Å². The largest absolute Gasteiger partial charge is 0.390 e. The summed E-state index contributed by atoms with van der Waals surface area (Å²) in [7, 11) is -2.73. The van der Waals surface area contributed by atoms with Gasteiger partial charge in [0.2, 0.25) is 5.78 Å². The van der Waals surface area contributed by atoms with Gasteiger partial charge in [-0.3, -0.25) is 13.7 Å². The SMILES string of the molecule is CNS(=O)(=O)O[C@@H]1C[C@H](Nc2ncncc2C(=O)c2ccn([C@H](C)c3cccc(Cl)c3)n2)C[C@@H]1O. The Balaban J connectivity index is 1.49. The molecule has 3 N–H and O–H groups in total. The maximum atomic E-state index is 13.2. The van der Waals surface area contributed by atoms with Crippen LogP contribution in [0.15, 0.2) is 49.1 Å². The average molecular weight is 521 g/mol. The van der Waals surface area contributed by atoms with Gasteiger partial charge in [0.1, 0.15) is 23.9 Å². The number of anilines is 1. The smallest absolute Gasteiger partial charge is 0.335 e. The number of benzene rings is 1. The fourth-order valence-corrected chi connectivity index (χ4v) is 4.77. The Morgan fingerprint density at radius 2 is 2.11 bits per heavy atom. The molecule has 0 radical (unpaired) electrons.